The Bertz CT molecular complexity index is 1420. The third-order valence-electron chi connectivity index (χ3n) is 8.92. The number of allylic oxidation sites excluding steroid dienone is 3. The van der Waals surface area contributed by atoms with Gasteiger partial charge in [0.25, 0.3) is 0 Å². The van der Waals surface area contributed by atoms with Crippen LogP contribution in [0.3, 0.4) is 0 Å². The zero-order valence-electron chi connectivity index (χ0n) is 24.4. The fourth-order valence-corrected chi connectivity index (χ4v) is 6.93. The van der Waals surface area contributed by atoms with E-state index in [-0.39, 0.29) is 19.3 Å². The van der Waals surface area contributed by atoms with Crippen LogP contribution in [0.25, 0.3) is 0 Å². The first kappa shape index (κ1) is 31.6. The van der Waals surface area contributed by atoms with Crippen molar-refractivity contribution < 1.29 is 30.6 Å². The highest BCUT2D eigenvalue weighted by Crippen LogP contribution is 2.62. The van der Waals surface area contributed by atoms with Crippen molar-refractivity contribution in [3.05, 3.63) is 144 Å². The maximum absolute atomic E-state index is 13.1. The van der Waals surface area contributed by atoms with Crippen molar-refractivity contribution in [2.75, 3.05) is 0 Å². The van der Waals surface area contributed by atoms with Crippen LogP contribution >= 0.6 is 0 Å². The molecule has 0 saturated heterocycles. The van der Waals surface area contributed by atoms with Crippen molar-refractivity contribution in [1.29, 1.82) is 0 Å². The molecular weight excluding hydrogens is 528 g/mol. The Kier molecular flexibility index (Phi) is 8.82. The van der Waals surface area contributed by atoms with E-state index < -0.39 is 33.6 Å². The molecule has 222 valence electrons. The molecule has 6 atom stereocenters. The zero-order chi connectivity index (χ0) is 30.7. The molecule has 0 aliphatic heterocycles. The lowest BCUT2D eigenvalue weighted by molar-refractivity contribution is -0.405. The van der Waals surface area contributed by atoms with Crippen molar-refractivity contribution >= 4 is 0 Å². The van der Waals surface area contributed by atoms with Gasteiger partial charge in [0.15, 0.2) is 0 Å². The molecule has 3 aromatic rings. The largest absolute Gasteiger partial charge is 0.383 e. The fraction of sp³-hybridized carbons (Fsp3) is 0.333. The van der Waals surface area contributed by atoms with E-state index in [1.165, 1.54) is 36.5 Å². The highest BCUT2D eigenvalue weighted by Gasteiger charge is 2.86. The Morgan fingerprint density at radius 3 is 1.00 bits per heavy atom. The van der Waals surface area contributed by atoms with E-state index in [0.29, 0.717) is 16.7 Å². The maximum Gasteiger partial charge on any atom is 0.150 e. The van der Waals surface area contributed by atoms with Crippen LogP contribution in [-0.4, -0.2) is 64.2 Å². The summed E-state index contributed by atoms with van der Waals surface area (Å²) in [5.41, 5.74) is -14.6. The lowest BCUT2D eigenvalue weighted by Gasteiger charge is -2.71. The predicted molar refractivity (Wildman–Crippen MR) is 165 cm³/mol. The maximum atomic E-state index is 13.1. The summed E-state index contributed by atoms with van der Waals surface area (Å²) in [5, 5.41) is 77.6. The molecular formula is C36H42O6. The SMILES string of the molecule is C/C=C/[C@]1(O)[C@@](O)(/C=C/C)[C@@](O)(Cc2ccccc2)[C@](O)(Cc2ccccc2)[C@](O)(/C=C/C)[C@@]1(O)Cc1ccccc1. The van der Waals surface area contributed by atoms with Gasteiger partial charge in [-0.2, -0.15) is 0 Å². The quantitative estimate of drug-likeness (QED) is 0.218. The summed E-state index contributed by atoms with van der Waals surface area (Å²) in [5.74, 6) is 0. The van der Waals surface area contributed by atoms with Crippen molar-refractivity contribution in [3.63, 3.8) is 0 Å². The lowest BCUT2D eigenvalue weighted by atomic mass is 9.41. The molecule has 42 heavy (non-hydrogen) atoms. The third-order valence-corrected chi connectivity index (χ3v) is 8.92. The van der Waals surface area contributed by atoms with Crippen LogP contribution in [0.2, 0.25) is 0 Å². The molecule has 6 nitrogen and oxygen atoms in total. The second kappa shape index (κ2) is 11.7. The topological polar surface area (TPSA) is 121 Å². The van der Waals surface area contributed by atoms with Gasteiger partial charge in [-0.25, -0.2) is 0 Å². The van der Waals surface area contributed by atoms with E-state index in [9.17, 15) is 30.6 Å². The number of aliphatic hydroxyl groups is 6. The molecule has 0 amide bonds. The minimum Gasteiger partial charge on any atom is -0.383 e. The molecule has 6 N–H and O–H groups in total. The first-order valence-electron chi connectivity index (χ1n) is 14.3. The smallest absolute Gasteiger partial charge is 0.150 e. The molecule has 0 heterocycles. The van der Waals surface area contributed by atoms with Crippen LogP contribution in [0.4, 0.5) is 0 Å². The normalized spacial score (nSPS) is 35.4. The lowest BCUT2D eigenvalue weighted by Crippen LogP contribution is -2.95. The number of benzene rings is 3. The molecule has 1 aliphatic carbocycles. The van der Waals surface area contributed by atoms with Gasteiger partial charge >= 0.3 is 0 Å². The fourth-order valence-electron chi connectivity index (χ4n) is 6.93. The Labute approximate surface area is 248 Å². The summed E-state index contributed by atoms with van der Waals surface area (Å²) in [6, 6.07) is 26.3. The third kappa shape index (κ3) is 4.51. The summed E-state index contributed by atoms with van der Waals surface area (Å²) in [6.07, 6.45) is 6.86. The molecule has 4 rings (SSSR count). The highest BCUT2D eigenvalue weighted by atomic mass is 16.5. The van der Waals surface area contributed by atoms with Gasteiger partial charge in [0.2, 0.25) is 0 Å². The van der Waals surface area contributed by atoms with Gasteiger partial charge in [-0.1, -0.05) is 127 Å². The van der Waals surface area contributed by atoms with Crippen molar-refractivity contribution in [2.24, 2.45) is 0 Å². The van der Waals surface area contributed by atoms with E-state index >= 15 is 0 Å². The second-order valence-corrected chi connectivity index (χ2v) is 11.4. The number of hydrogen-bond donors (Lipinski definition) is 6. The van der Waals surface area contributed by atoms with E-state index in [0.717, 1.165) is 0 Å². The molecule has 1 fully saturated rings. The van der Waals surface area contributed by atoms with Gasteiger partial charge in [-0.05, 0) is 37.5 Å². The van der Waals surface area contributed by atoms with Crippen LogP contribution in [0, 0.1) is 0 Å². The molecule has 6 heteroatoms. The summed E-state index contributed by atoms with van der Waals surface area (Å²) < 4.78 is 0. The molecule has 1 saturated carbocycles. The van der Waals surface area contributed by atoms with Crippen molar-refractivity contribution in [3.8, 4) is 0 Å². The van der Waals surface area contributed by atoms with E-state index in [1.54, 1.807) is 112 Å². The Morgan fingerprint density at radius 1 is 0.405 bits per heavy atom. The molecule has 3 aromatic carbocycles. The van der Waals surface area contributed by atoms with Crippen LogP contribution in [0.1, 0.15) is 37.5 Å². The summed E-state index contributed by atoms with van der Waals surface area (Å²) in [7, 11) is 0. The monoisotopic (exact) mass is 570 g/mol. The average Bonchev–Trinajstić information content (AvgIpc) is 2.98. The van der Waals surface area contributed by atoms with Gasteiger partial charge in [0, 0.05) is 19.3 Å². The first-order valence-corrected chi connectivity index (χ1v) is 14.3. The molecule has 0 bridgehead atoms. The minimum absolute atomic E-state index is 0.374. The standard InChI is InChI=1S/C36H42O6/c1-4-22-31(37)32(38,23-5-2)35(41,26-29-18-12-8-13-19-29)36(42,27-30-20-14-9-15-21-30)33(39,24-6-3)34(31,40)25-28-16-10-7-11-17-28/h4-24,37-42H,25-27H2,1-3H3/b22-4+,23-5+,24-6+/t31-,32-,33-,34+,35-,36-/m0/s1. The van der Waals surface area contributed by atoms with Gasteiger partial charge in [-0.3, -0.25) is 0 Å². The number of rotatable bonds is 9. The predicted octanol–water partition coefficient (Wildman–Crippen LogP) is 3.84. The van der Waals surface area contributed by atoms with Gasteiger partial charge in [-0.15, -0.1) is 0 Å². The molecule has 0 spiro atoms. The summed E-state index contributed by atoms with van der Waals surface area (Å²) >= 11 is 0. The van der Waals surface area contributed by atoms with Gasteiger partial charge in [0.1, 0.15) is 33.6 Å². The van der Waals surface area contributed by atoms with Gasteiger partial charge in [0.05, 0.1) is 0 Å². The van der Waals surface area contributed by atoms with Gasteiger partial charge < -0.3 is 30.6 Å². The Balaban J connectivity index is 2.19. The molecule has 1 aliphatic rings. The second-order valence-electron chi connectivity index (χ2n) is 11.4. The van der Waals surface area contributed by atoms with E-state index in [4.69, 9.17) is 0 Å². The zero-order valence-corrected chi connectivity index (χ0v) is 24.4. The Morgan fingerprint density at radius 2 is 0.667 bits per heavy atom. The van der Waals surface area contributed by atoms with Crippen LogP contribution in [0.15, 0.2) is 127 Å². The summed E-state index contributed by atoms with van der Waals surface area (Å²) in [6.45, 7) is 4.82. The minimum atomic E-state index is -2.72. The van der Waals surface area contributed by atoms with Crippen LogP contribution in [0.5, 0.6) is 0 Å². The van der Waals surface area contributed by atoms with Crippen molar-refractivity contribution in [2.45, 2.75) is 73.6 Å². The average molecular weight is 571 g/mol. The van der Waals surface area contributed by atoms with E-state index in [1.807, 2.05) is 0 Å². The van der Waals surface area contributed by atoms with Crippen LogP contribution in [-0.2, 0) is 19.3 Å². The highest BCUT2D eigenvalue weighted by molar-refractivity contribution is 5.50. The summed E-state index contributed by atoms with van der Waals surface area (Å²) in [4.78, 5) is 0. The van der Waals surface area contributed by atoms with E-state index in [2.05, 4.69) is 0 Å². The number of hydrogen-bond acceptors (Lipinski definition) is 6. The molecule has 0 aromatic heterocycles. The van der Waals surface area contributed by atoms with Crippen LogP contribution < -0.4 is 0 Å². The van der Waals surface area contributed by atoms with Crippen molar-refractivity contribution in [1.82, 2.24) is 0 Å². The molecule has 0 radical (unpaired) electrons. The molecule has 0 unspecified atom stereocenters. The first-order chi connectivity index (χ1) is 19.9. The Hall–Kier alpha value is -3.36.